The highest BCUT2D eigenvalue weighted by atomic mass is 16.2. The lowest BCUT2D eigenvalue weighted by Gasteiger charge is -2.16. The molecule has 2 aliphatic rings. The Morgan fingerprint density at radius 1 is 1.26 bits per heavy atom. The summed E-state index contributed by atoms with van der Waals surface area (Å²) in [5, 5.41) is 0. The second-order valence-electron chi connectivity index (χ2n) is 7.35. The number of fused-ring (bicyclic) bond motifs is 1. The quantitative estimate of drug-likeness (QED) is 0.821. The molecule has 2 aliphatic heterocycles. The van der Waals surface area contributed by atoms with Crippen molar-refractivity contribution in [2.45, 2.75) is 45.1 Å². The molecular formula is C22H23N3O2. The number of hydrogen-bond acceptors (Lipinski definition) is 4. The zero-order valence-electron chi connectivity index (χ0n) is 15.5. The molecule has 1 aromatic carbocycles. The third-order valence-electron chi connectivity index (χ3n) is 5.30. The molecule has 3 heterocycles. The topological polar surface area (TPSA) is 62.6 Å². The van der Waals surface area contributed by atoms with Gasteiger partial charge in [-0.15, -0.1) is 0 Å². The molecule has 1 fully saturated rings. The number of carbonyl (C=O) groups is 2. The van der Waals surface area contributed by atoms with E-state index in [0.29, 0.717) is 25.8 Å². The zero-order chi connectivity index (χ0) is 18.8. The first-order valence-corrected chi connectivity index (χ1v) is 9.51. The van der Waals surface area contributed by atoms with E-state index in [9.17, 15) is 9.59 Å². The van der Waals surface area contributed by atoms with E-state index < -0.39 is 0 Å². The van der Waals surface area contributed by atoms with Gasteiger partial charge in [0.25, 0.3) is 0 Å². The number of rotatable bonds is 5. The third kappa shape index (κ3) is 3.68. The van der Waals surface area contributed by atoms with E-state index in [1.165, 1.54) is 5.56 Å². The fourth-order valence-electron chi connectivity index (χ4n) is 3.84. The van der Waals surface area contributed by atoms with Gasteiger partial charge in [0, 0.05) is 43.3 Å². The second-order valence-corrected chi connectivity index (χ2v) is 7.35. The highest BCUT2D eigenvalue weighted by molar-refractivity contribution is 6.10. The van der Waals surface area contributed by atoms with Gasteiger partial charge in [-0.05, 0) is 29.5 Å². The van der Waals surface area contributed by atoms with E-state index in [1.54, 1.807) is 11.1 Å². The number of likely N-dealkylation sites (tertiary alicyclic amines) is 1. The molecule has 0 N–H and O–H groups in total. The molecule has 0 aliphatic carbocycles. The smallest absolute Gasteiger partial charge is 0.228 e. The van der Waals surface area contributed by atoms with Gasteiger partial charge in [0.2, 0.25) is 5.91 Å². The number of aromatic nitrogens is 1. The van der Waals surface area contributed by atoms with Crippen LogP contribution in [-0.4, -0.2) is 34.0 Å². The number of hydrogen-bond donors (Lipinski definition) is 0. The van der Waals surface area contributed by atoms with Gasteiger partial charge in [-0.1, -0.05) is 37.3 Å². The van der Waals surface area contributed by atoms with Gasteiger partial charge in [0.1, 0.15) is 11.6 Å². The Morgan fingerprint density at radius 3 is 2.81 bits per heavy atom. The number of ketones is 1. The number of Topliss-reactive ketones (excluding diaryl/α,β-unsaturated/α-hetero) is 1. The first-order chi connectivity index (χ1) is 13.1. The van der Waals surface area contributed by atoms with Crippen LogP contribution >= 0.6 is 0 Å². The van der Waals surface area contributed by atoms with E-state index in [4.69, 9.17) is 0 Å². The average molecular weight is 361 g/mol. The number of pyridine rings is 1. The van der Waals surface area contributed by atoms with Crippen molar-refractivity contribution in [1.29, 1.82) is 0 Å². The van der Waals surface area contributed by atoms with Gasteiger partial charge in [-0.3, -0.25) is 24.5 Å². The second kappa shape index (κ2) is 7.43. The molecule has 2 aromatic rings. The van der Waals surface area contributed by atoms with Crippen LogP contribution < -0.4 is 0 Å². The predicted octanol–water partition coefficient (Wildman–Crippen LogP) is 3.27. The number of amides is 1. The highest BCUT2D eigenvalue weighted by Crippen LogP contribution is 2.25. The van der Waals surface area contributed by atoms with Crippen LogP contribution in [0.1, 0.15) is 54.5 Å². The summed E-state index contributed by atoms with van der Waals surface area (Å²) in [5.41, 5.74) is 3.95. The van der Waals surface area contributed by atoms with E-state index in [0.717, 1.165) is 35.6 Å². The lowest BCUT2D eigenvalue weighted by molar-refractivity contribution is -0.124. The van der Waals surface area contributed by atoms with E-state index in [2.05, 4.69) is 29.0 Å². The Hall–Kier alpha value is -2.82. The number of carbonyl (C=O) groups excluding carboxylic acids is 2. The third-order valence-corrected chi connectivity index (χ3v) is 5.30. The van der Waals surface area contributed by atoms with E-state index >= 15 is 0 Å². The fraction of sp³-hybridized carbons (Fsp3) is 0.364. The SMILES string of the molecule is C[C@@H](CC(=O)Cc1cc2c(cn1)C(N1CCCC1=O)=NC2)c1ccccc1. The standard InChI is InChI=1S/C22H23N3O2/c1-15(16-6-3-2-4-7-16)10-19(26)12-18-11-17-13-24-22(20(17)14-23-18)25-9-5-8-21(25)27/h2-4,6-7,11,14-15H,5,8-10,12-13H2,1H3/t15-/m0/s1. The molecule has 0 unspecified atom stereocenters. The van der Waals surface area contributed by atoms with E-state index in [1.807, 2.05) is 24.3 Å². The Morgan fingerprint density at radius 2 is 2.07 bits per heavy atom. The highest BCUT2D eigenvalue weighted by Gasteiger charge is 2.30. The zero-order valence-corrected chi connectivity index (χ0v) is 15.5. The molecule has 1 atom stereocenters. The molecule has 4 rings (SSSR count). The maximum absolute atomic E-state index is 12.5. The van der Waals surface area contributed by atoms with Gasteiger partial charge < -0.3 is 0 Å². The fourth-order valence-corrected chi connectivity index (χ4v) is 3.84. The maximum atomic E-state index is 12.5. The molecule has 5 nitrogen and oxygen atoms in total. The summed E-state index contributed by atoms with van der Waals surface area (Å²) in [7, 11) is 0. The molecule has 0 radical (unpaired) electrons. The molecule has 1 amide bonds. The first-order valence-electron chi connectivity index (χ1n) is 9.51. The van der Waals surface area contributed by atoms with Crippen molar-refractivity contribution < 1.29 is 9.59 Å². The molecule has 1 aromatic heterocycles. The molecule has 5 heteroatoms. The van der Waals surface area contributed by atoms with Crippen LogP contribution in [0.25, 0.3) is 0 Å². The number of nitrogens with zero attached hydrogens (tertiary/aromatic N) is 3. The minimum absolute atomic E-state index is 0.135. The van der Waals surface area contributed by atoms with Crippen molar-refractivity contribution in [1.82, 2.24) is 9.88 Å². The van der Waals surface area contributed by atoms with Crippen LogP contribution in [0.15, 0.2) is 47.6 Å². The normalized spacial score (nSPS) is 17.0. The van der Waals surface area contributed by atoms with Gasteiger partial charge in [0.15, 0.2) is 0 Å². The Balaban J connectivity index is 1.41. The Kier molecular flexibility index (Phi) is 4.84. The maximum Gasteiger partial charge on any atom is 0.228 e. The van der Waals surface area contributed by atoms with Crippen LogP contribution in [0.4, 0.5) is 0 Å². The van der Waals surface area contributed by atoms with Crippen LogP contribution in [0.3, 0.4) is 0 Å². The van der Waals surface area contributed by atoms with Crippen molar-refractivity contribution in [2.24, 2.45) is 4.99 Å². The number of amidine groups is 1. The van der Waals surface area contributed by atoms with E-state index in [-0.39, 0.29) is 17.6 Å². The van der Waals surface area contributed by atoms with Gasteiger partial charge in [0.05, 0.1) is 6.54 Å². The summed E-state index contributed by atoms with van der Waals surface area (Å²) >= 11 is 0. The lowest BCUT2D eigenvalue weighted by Crippen LogP contribution is -2.31. The minimum Gasteiger partial charge on any atom is -0.299 e. The summed E-state index contributed by atoms with van der Waals surface area (Å²) in [6.07, 6.45) is 4.09. The number of benzene rings is 1. The lowest BCUT2D eigenvalue weighted by atomic mass is 9.94. The van der Waals surface area contributed by atoms with Crippen LogP contribution in [0.2, 0.25) is 0 Å². The van der Waals surface area contributed by atoms with Crippen LogP contribution in [0, 0.1) is 0 Å². The molecule has 0 spiro atoms. The van der Waals surface area contributed by atoms with Gasteiger partial charge >= 0.3 is 0 Å². The molecule has 1 saturated heterocycles. The Labute approximate surface area is 159 Å². The largest absolute Gasteiger partial charge is 0.299 e. The van der Waals surface area contributed by atoms with Crippen molar-refractivity contribution in [2.75, 3.05) is 6.54 Å². The summed E-state index contributed by atoms with van der Waals surface area (Å²) in [6, 6.07) is 12.1. The monoisotopic (exact) mass is 361 g/mol. The summed E-state index contributed by atoms with van der Waals surface area (Å²) in [5.74, 6) is 1.27. The molecule has 0 saturated carbocycles. The van der Waals surface area contributed by atoms with Crippen LogP contribution in [0.5, 0.6) is 0 Å². The summed E-state index contributed by atoms with van der Waals surface area (Å²) in [4.78, 5) is 35.3. The van der Waals surface area contributed by atoms with Gasteiger partial charge in [-0.2, -0.15) is 0 Å². The van der Waals surface area contributed by atoms with Crippen molar-refractivity contribution in [3.8, 4) is 0 Å². The molecule has 27 heavy (non-hydrogen) atoms. The Bertz CT molecular complexity index is 905. The predicted molar refractivity (Wildman–Crippen MR) is 104 cm³/mol. The number of aliphatic imine (C=N–C) groups is 1. The van der Waals surface area contributed by atoms with Crippen molar-refractivity contribution in [3.05, 3.63) is 65.0 Å². The molecule has 0 bridgehead atoms. The van der Waals surface area contributed by atoms with Gasteiger partial charge in [-0.25, -0.2) is 0 Å². The average Bonchev–Trinajstić information content (AvgIpc) is 3.27. The molecular weight excluding hydrogens is 338 g/mol. The van der Waals surface area contributed by atoms with Crippen molar-refractivity contribution in [3.63, 3.8) is 0 Å². The van der Waals surface area contributed by atoms with Crippen molar-refractivity contribution >= 4 is 17.5 Å². The summed E-state index contributed by atoms with van der Waals surface area (Å²) < 4.78 is 0. The first kappa shape index (κ1) is 17.6. The minimum atomic E-state index is 0.135. The summed E-state index contributed by atoms with van der Waals surface area (Å²) in [6.45, 7) is 3.36. The van der Waals surface area contributed by atoms with Crippen LogP contribution in [-0.2, 0) is 22.6 Å². The molecule has 138 valence electrons.